The molecule has 2 fully saturated rings. The van der Waals surface area contributed by atoms with E-state index >= 15 is 0 Å². The molecule has 0 spiro atoms. The van der Waals surface area contributed by atoms with Crippen LogP contribution in [0.4, 0.5) is 5.69 Å². The summed E-state index contributed by atoms with van der Waals surface area (Å²) in [5, 5.41) is 12.6. The van der Waals surface area contributed by atoms with E-state index in [9.17, 15) is 14.7 Å². The SMILES string of the molecule is CC1(C)OC(=O)C(=CNc2ccc(B3OC(C)(C)C(C)(C)O3)cc2CO)C(=O)O1. The van der Waals surface area contributed by atoms with Gasteiger partial charge in [-0.15, -0.1) is 0 Å². The quantitative estimate of drug-likeness (QED) is 0.338. The average Bonchev–Trinajstić information content (AvgIpc) is 2.80. The van der Waals surface area contributed by atoms with E-state index in [1.54, 1.807) is 18.2 Å². The number of carbonyl (C=O) groups is 2. The first kappa shape index (κ1) is 21.4. The minimum atomic E-state index is -1.30. The fourth-order valence-electron chi connectivity index (χ4n) is 2.94. The lowest BCUT2D eigenvalue weighted by molar-refractivity contribution is -0.222. The van der Waals surface area contributed by atoms with Crippen LogP contribution in [0.5, 0.6) is 0 Å². The zero-order chi connectivity index (χ0) is 21.6. The molecule has 8 nitrogen and oxygen atoms in total. The second kappa shape index (κ2) is 7.16. The van der Waals surface area contributed by atoms with Crippen LogP contribution in [0.1, 0.15) is 47.1 Å². The summed E-state index contributed by atoms with van der Waals surface area (Å²) in [6.07, 6.45) is 1.21. The number of anilines is 1. The summed E-state index contributed by atoms with van der Waals surface area (Å²) in [6, 6.07) is 5.26. The fraction of sp³-hybridized carbons (Fsp3) is 0.500. The molecule has 0 aliphatic carbocycles. The molecular formula is C20H26BNO7. The maximum atomic E-state index is 12.0. The van der Waals surface area contributed by atoms with E-state index in [0.29, 0.717) is 11.3 Å². The molecule has 2 aliphatic rings. The number of ether oxygens (including phenoxy) is 2. The summed E-state index contributed by atoms with van der Waals surface area (Å²) in [5.74, 6) is -2.86. The van der Waals surface area contributed by atoms with Gasteiger partial charge in [-0.25, -0.2) is 9.59 Å². The third-order valence-electron chi connectivity index (χ3n) is 5.31. The summed E-state index contributed by atoms with van der Waals surface area (Å²) in [7, 11) is -0.566. The maximum Gasteiger partial charge on any atom is 0.494 e. The predicted octanol–water partition coefficient (Wildman–Crippen LogP) is 1.61. The Hall–Kier alpha value is -2.36. The number of carbonyl (C=O) groups excluding carboxylic acids is 2. The second-order valence-electron chi connectivity index (χ2n) is 8.54. The van der Waals surface area contributed by atoms with Gasteiger partial charge in [0.25, 0.3) is 5.79 Å². The van der Waals surface area contributed by atoms with Gasteiger partial charge in [-0.3, -0.25) is 0 Å². The molecule has 9 heteroatoms. The van der Waals surface area contributed by atoms with Crippen molar-refractivity contribution in [3.63, 3.8) is 0 Å². The lowest BCUT2D eigenvalue weighted by Gasteiger charge is -2.32. The Morgan fingerprint density at radius 1 is 1.00 bits per heavy atom. The van der Waals surface area contributed by atoms with E-state index in [-0.39, 0.29) is 12.2 Å². The van der Waals surface area contributed by atoms with Crippen LogP contribution in [0.25, 0.3) is 0 Å². The molecule has 0 aromatic heterocycles. The van der Waals surface area contributed by atoms with Crippen molar-refractivity contribution >= 4 is 30.2 Å². The lowest BCUT2D eigenvalue weighted by atomic mass is 9.78. The first-order valence-electron chi connectivity index (χ1n) is 9.38. The van der Waals surface area contributed by atoms with Crippen molar-refractivity contribution in [3.8, 4) is 0 Å². The van der Waals surface area contributed by atoms with Crippen molar-refractivity contribution < 1.29 is 33.5 Å². The molecule has 0 unspecified atom stereocenters. The largest absolute Gasteiger partial charge is 0.494 e. The van der Waals surface area contributed by atoms with Gasteiger partial charge >= 0.3 is 19.1 Å². The predicted molar refractivity (Wildman–Crippen MR) is 106 cm³/mol. The van der Waals surface area contributed by atoms with E-state index in [4.69, 9.17) is 18.8 Å². The zero-order valence-electron chi connectivity index (χ0n) is 17.5. The van der Waals surface area contributed by atoms with Crippen LogP contribution in [-0.2, 0) is 35.0 Å². The standard InChI is InChI=1S/C20H26BNO7/c1-18(2)19(3,4)29-21(28-18)13-7-8-15(12(9-13)11-23)22-10-14-16(24)26-20(5,6)27-17(14)25/h7-10,22-23H,11H2,1-6H3. The summed E-state index contributed by atoms with van der Waals surface area (Å²) < 4.78 is 22.2. The van der Waals surface area contributed by atoms with Crippen LogP contribution >= 0.6 is 0 Å². The second-order valence-corrected chi connectivity index (χ2v) is 8.54. The Morgan fingerprint density at radius 3 is 2.07 bits per heavy atom. The lowest BCUT2D eigenvalue weighted by Crippen LogP contribution is -2.42. The summed E-state index contributed by atoms with van der Waals surface area (Å²) in [4.78, 5) is 24.1. The molecule has 0 amide bonds. The zero-order valence-corrected chi connectivity index (χ0v) is 17.5. The molecular weight excluding hydrogens is 377 g/mol. The molecule has 2 heterocycles. The monoisotopic (exact) mass is 403 g/mol. The molecule has 2 aliphatic heterocycles. The Morgan fingerprint density at radius 2 is 1.55 bits per heavy atom. The van der Waals surface area contributed by atoms with Crippen molar-refractivity contribution in [1.29, 1.82) is 0 Å². The van der Waals surface area contributed by atoms with Crippen LogP contribution in [0.15, 0.2) is 30.0 Å². The van der Waals surface area contributed by atoms with Crippen LogP contribution in [0, 0.1) is 0 Å². The van der Waals surface area contributed by atoms with Gasteiger partial charge in [0.05, 0.1) is 17.8 Å². The Kier molecular flexibility index (Phi) is 5.27. The number of nitrogens with one attached hydrogen (secondary N) is 1. The van der Waals surface area contributed by atoms with Crippen LogP contribution in [-0.4, -0.2) is 41.2 Å². The Balaban J connectivity index is 1.80. The van der Waals surface area contributed by atoms with Gasteiger partial charge in [0.1, 0.15) is 0 Å². The summed E-state index contributed by atoms with van der Waals surface area (Å²) in [6.45, 7) is 10.5. The number of hydrogen-bond acceptors (Lipinski definition) is 8. The smallest absolute Gasteiger partial charge is 0.419 e. The number of hydrogen-bond donors (Lipinski definition) is 2. The van der Waals surface area contributed by atoms with Gasteiger partial charge in [-0.1, -0.05) is 12.1 Å². The van der Waals surface area contributed by atoms with Gasteiger partial charge < -0.3 is 29.2 Å². The Labute approximate surface area is 170 Å². The minimum Gasteiger partial charge on any atom is -0.419 e. The maximum absolute atomic E-state index is 12.0. The van der Waals surface area contributed by atoms with E-state index in [2.05, 4.69) is 5.32 Å². The molecule has 0 atom stereocenters. The highest BCUT2D eigenvalue weighted by Gasteiger charge is 2.51. The van der Waals surface area contributed by atoms with Crippen LogP contribution in [0.3, 0.4) is 0 Å². The number of cyclic esters (lactones) is 2. The highest BCUT2D eigenvalue weighted by molar-refractivity contribution is 6.62. The van der Waals surface area contributed by atoms with Crippen LogP contribution < -0.4 is 10.8 Å². The molecule has 1 aromatic carbocycles. The van der Waals surface area contributed by atoms with Gasteiger partial charge in [0.2, 0.25) is 0 Å². The van der Waals surface area contributed by atoms with E-state index in [1.807, 2.05) is 27.7 Å². The van der Waals surface area contributed by atoms with Gasteiger partial charge in [0.15, 0.2) is 5.57 Å². The fourth-order valence-corrected chi connectivity index (χ4v) is 2.94. The molecule has 29 heavy (non-hydrogen) atoms. The first-order valence-corrected chi connectivity index (χ1v) is 9.38. The average molecular weight is 403 g/mol. The number of aliphatic hydroxyl groups is 1. The summed E-state index contributed by atoms with van der Waals surface area (Å²) in [5.41, 5.74) is 0.604. The molecule has 2 saturated heterocycles. The molecule has 1 aromatic rings. The van der Waals surface area contributed by atoms with E-state index < -0.39 is 36.0 Å². The number of rotatable bonds is 4. The third-order valence-corrected chi connectivity index (χ3v) is 5.31. The third kappa shape index (κ3) is 4.17. The molecule has 2 N–H and O–H groups in total. The van der Waals surface area contributed by atoms with Crippen molar-refractivity contribution in [2.75, 3.05) is 5.32 Å². The first-order chi connectivity index (χ1) is 13.4. The highest BCUT2D eigenvalue weighted by atomic mass is 16.7. The topological polar surface area (TPSA) is 103 Å². The van der Waals surface area contributed by atoms with Gasteiger partial charge in [-0.2, -0.15) is 0 Å². The molecule has 0 radical (unpaired) electrons. The number of aliphatic hydroxyl groups excluding tert-OH is 1. The van der Waals surface area contributed by atoms with E-state index in [0.717, 1.165) is 5.46 Å². The minimum absolute atomic E-state index is 0.261. The molecule has 0 saturated carbocycles. The van der Waals surface area contributed by atoms with Crippen molar-refractivity contribution in [2.24, 2.45) is 0 Å². The highest BCUT2D eigenvalue weighted by Crippen LogP contribution is 2.36. The Bertz CT molecular complexity index is 838. The molecule has 156 valence electrons. The van der Waals surface area contributed by atoms with Crippen molar-refractivity contribution in [2.45, 2.75) is 65.1 Å². The number of benzene rings is 1. The van der Waals surface area contributed by atoms with Crippen molar-refractivity contribution in [3.05, 3.63) is 35.5 Å². The van der Waals surface area contributed by atoms with Crippen LogP contribution in [0.2, 0.25) is 0 Å². The van der Waals surface area contributed by atoms with Gasteiger partial charge in [0, 0.05) is 31.3 Å². The van der Waals surface area contributed by atoms with Gasteiger partial charge in [-0.05, 0) is 39.2 Å². The van der Waals surface area contributed by atoms with Crippen molar-refractivity contribution in [1.82, 2.24) is 0 Å². The normalized spacial score (nSPS) is 22.2. The number of esters is 2. The summed E-state index contributed by atoms with van der Waals surface area (Å²) >= 11 is 0. The van der Waals surface area contributed by atoms with E-state index in [1.165, 1.54) is 20.0 Å². The molecule has 3 rings (SSSR count). The molecule has 0 bridgehead atoms.